The van der Waals surface area contributed by atoms with E-state index in [2.05, 4.69) is 21.6 Å². The second-order valence-electron chi connectivity index (χ2n) is 10.9. The Morgan fingerprint density at radius 1 is 1.05 bits per heavy atom. The number of halogens is 1. The maximum absolute atomic E-state index is 13.6. The molecule has 3 aromatic rings. The van der Waals surface area contributed by atoms with Gasteiger partial charge in [-0.1, -0.05) is 54.1 Å². The highest BCUT2D eigenvalue weighted by Gasteiger charge is 2.40. The molecule has 1 saturated carbocycles. The molecular formula is C30H35ClN4O3. The van der Waals surface area contributed by atoms with Crippen LogP contribution in [0.25, 0.3) is 0 Å². The molecule has 2 aromatic carbocycles. The molecule has 1 aliphatic carbocycles. The zero-order chi connectivity index (χ0) is 27.2. The number of benzene rings is 2. The van der Waals surface area contributed by atoms with E-state index >= 15 is 0 Å². The van der Waals surface area contributed by atoms with Gasteiger partial charge in [0.2, 0.25) is 0 Å². The largest absolute Gasteiger partial charge is 0.444 e. The molecule has 1 N–H and O–H groups in total. The number of alkyl carbamates (subject to hydrolysis) is 1. The number of carbonyl (C=O) groups excluding carboxylic acids is 2. The van der Waals surface area contributed by atoms with Gasteiger partial charge in [-0.15, -0.1) is 5.10 Å². The Bertz CT molecular complexity index is 1220. The average Bonchev–Trinajstić information content (AvgIpc) is 2.91. The third kappa shape index (κ3) is 7.10. The molecular weight excluding hydrogens is 500 g/mol. The van der Waals surface area contributed by atoms with Gasteiger partial charge in [0.25, 0.3) is 5.91 Å². The number of carbonyl (C=O) groups is 2. The molecule has 38 heavy (non-hydrogen) atoms. The van der Waals surface area contributed by atoms with Crippen LogP contribution in [0.15, 0.2) is 72.9 Å². The number of nitrogens with zero attached hydrogens (tertiary/aromatic N) is 3. The van der Waals surface area contributed by atoms with Crippen LogP contribution in [0.4, 0.5) is 4.79 Å². The predicted molar refractivity (Wildman–Crippen MR) is 148 cm³/mol. The third-order valence-corrected chi connectivity index (χ3v) is 7.24. The van der Waals surface area contributed by atoms with Crippen LogP contribution in [0.2, 0.25) is 5.02 Å². The molecule has 0 unspecified atom stereocenters. The highest BCUT2D eigenvalue weighted by molar-refractivity contribution is 6.30. The van der Waals surface area contributed by atoms with Gasteiger partial charge in [0.15, 0.2) is 5.69 Å². The summed E-state index contributed by atoms with van der Waals surface area (Å²) in [5.41, 5.74) is 1.56. The minimum Gasteiger partial charge on any atom is -0.444 e. The van der Waals surface area contributed by atoms with Gasteiger partial charge in [0.05, 0.1) is 0 Å². The summed E-state index contributed by atoms with van der Waals surface area (Å²) in [4.78, 5) is 28.1. The predicted octanol–water partition coefficient (Wildman–Crippen LogP) is 6.18. The molecule has 200 valence electrons. The molecule has 1 heterocycles. The molecule has 7 nitrogen and oxygen atoms in total. The number of hydrogen-bond donors (Lipinski definition) is 1. The second-order valence-corrected chi connectivity index (χ2v) is 11.3. The number of amides is 2. The molecule has 0 saturated heterocycles. The van der Waals surface area contributed by atoms with Gasteiger partial charge in [0, 0.05) is 35.8 Å². The van der Waals surface area contributed by atoms with Gasteiger partial charge in [-0.2, -0.15) is 5.10 Å². The van der Waals surface area contributed by atoms with Crippen LogP contribution in [0.1, 0.15) is 68.1 Å². The lowest BCUT2D eigenvalue weighted by Gasteiger charge is -2.44. The Balaban J connectivity index is 1.56. The summed E-state index contributed by atoms with van der Waals surface area (Å²) in [5.74, 6) is -0.130. The maximum Gasteiger partial charge on any atom is 0.407 e. The SMILES string of the molecule is CC(C)(C)OC(=O)NC[C@]1(c2cccc(Cl)c2)CC[C@@H](N(Cc2ccccc2)C(=O)c2cccnn2)CC1. The van der Waals surface area contributed by atoms with E-state index in [1.54, 1.807) is 18.3 Å². The first kappa shape index (κ1) is 27.6. The summed E-state index contributed by atoms with van der Waals surface area (Å²) in [6.07, 6.45) is 4.20. The molecule has 1 aliphatic rings. The highest BCUT2D eigenvalue weighted by atomic mass is 35.5. The van der Waals surface area contributed by atoms with E-state index in [1.165, 1.54) is 0 Å². The normalized spacial score (nSPS) is 19.4. The van der Waals surface area contributed by atoms with E-state index in [4.69, 9.17) is 16.3 Å². The van der Waals surface area contributed by atoms with E-state index in [0.29, 0.717) is 23.8 Å². The molecule has 0 aliphatic heterocycles. The fourth-order valence-corrected chi connectivity index (χ4v) is 5.31. The Hall–Kier alpha value is -3.45. The van der Waals surface area contributed by atoms with E-state index < -0.39 is 11.7 Å². The standard InChI is InChI=1S/C30H35ClN4O3/c1-29(2,3)38-28(37)32-21-30(23-11-7-12-24(31)19-23)16-14-25(15-17-30)35(20-22-9-5-4-6-10-22)27(36)26-13-8-18-33-34-26/h4-13,18-19,25H,14-17,20-21H2,1-3H3,(H,32,37)/t25-,30+. The smallest absolute Gasteiger partial charge is 0.407 e. The van der Waals surface area contributed by atoms with Crippen LogP contribution in [-0.2, 0) is 16.7 Å². The van der Waals surface area contributed by atoms with Gasteiger partial charge in [0.1, 0.15) is 5.60 Å². The maximum atomic E-state index is 13.6. The summed E-state index contributed by atoms with van der Waals surface area (Å²) in [7, 11) is 0. The van der Waals surface area contributed by atoms with Crippen molar-refractivity contribution >= 4 is 23.6 Å². The molecule has 2 amide bonds. The number of ether oxygens (including phenoxy) is 1. The summed E-state index contributed by atoms with van der Waals surface area (Å²) >= 11 is 6.38. The molecule has 0 atom stereocenters. The highest BCUT2D eigenvalue weighted by Crippen LogP contribution is 2.41. The summed E-state index contributed by atoms with van der Waals surface area (Å²) in [5, 5.41) is 11.7. The lowest BCUT2D eigenvalue weighted by Crippen LogP contribution is -2.49. The topological polar surface area (TPSA) is 84.4 Å². The molecule has 4 rings (SSSR count). The number of aromatic nitrogens is 2. The molecule has 8 heteroatoms. The van der Waals surface area contributed by atoms with Crippen molar-refractivity contribution < 1.29 is 14.3 Å². The van der Waals surface area contributed by atoms with Crippen molar-refractivity contribution in [2.24, 2.45) is 0 Å². The number of rotatable bonds is 7. The van der Waals surface area contributed by atoms with Gasteiger partial charge in [-0.3, -0.25) is 4.79 Å². The zero-order valence-corrected chi connectivity index (χ0v) is 22.9. The van der Waals surface area contributed by atoms with E-state index in [9.17, 15) is 9.59 Å². The fraction of sp³-hybridized carbons (Fsp3) is 0.400. The zero-order valence-electron chi connectivity index (χ0n) is 22.2. The van der Waals surface area contributed by atoms with Crippen LogP contribution in [0.3, 0.4) is 0 Å². The van der Waals surface area contributed by atoms with Gasteiger partial charge in [-0.25, -0.2) is 4.79 Å². The van der Waals surface area contributed by atoms with Crippen LogP contribution in [0, 0.1) is 0 Å². The van der Waals surface area contributed by atoms with Crippen molar-refractivity contribution in [3.8, 4) is 0 Å². The van der Waals surface area contributed by atoms with Gasteiger partial charge >= 0.3 is 6.09 Å². The van der Waals surface area contributed by atoms with E-state index in [0.717, 1.165) is 36.8 Å². The fourth-order valence-electron chi connectivity index (χ4n) is 5.12. The van der Waals surface area contributed by atoms with Crippen LogP contribution in [0.5, 0.6) is 0 Å². The van der Waals surface area contributed by atoms with Crippen LogP contribution in [-0.4, -0.2) is 45.3 Å². The van der Waals surface area contributed by atoms with Crippen molar-refractivity contribution in [3.63, 3.8) is 0 Å². The second kappa shape index (κ2) is 11.9. The van der Waals surface area contributed by atoms with E-state index in [-0.39, 0.29) is 17.4 Å². The Kier molecular flexibility index (Phi) is 8.67. The monoisotopic (exact) mass is 534 g/mol. The lowest BCUT2D eigenvalue weighted by atomic mass is 9.67. The first-order valence-electron chi connectivity index (χ1n) is 13.0. The Morgan fingerprint density at radius 2 is 1.79 bits per heavy atom. The van der Waals surface area contributed by atoms with Crippen molar-refractivity contribution in [2.75, 3.05) is 6.54 Å². The summed E-state index contributed by atoms with van der Waals surface area (Å²) in [6, 6.07) is 21.3. The van der Waals surface area contributed by atoms with Crippen molar-refractivity contribution in [1.29, 1.82) is 0 Å². The van der Waals surface area contributed by atoms with Crippen LogP contribution < -0.4 is 5.32 Å². The van der Waals surface area contributed by atoms with Crippen LogP contribution >= 0.6 is 11.6 Å². The molecule has 1 fully saturated rings. The molecule has 0 spiro atoms. The Labute approximate surface area is 229 Å². The number of nitrogens with one attached hydrogen (secondary N) is 1. The van der Waals surface area contributed by atoms with Crippen molar-refractivity contribution in [1.82, 2.24) is 20.4 Å². The molecule has 0 bridgehead atoms. The van der Waals surface area contributed by atoms with Gasteiger partial charge < -0.3 is 15.0 Å². The van der Waals surface area contributed by atoms with Gasteiger partial charge in [-0.05, 0) is 81.8 Å². The van der Waals surface area contributed by atoms with E-state index in [1.807, 2.05) is 74.2 Å². The third-order valence-electron chi connectivity index (χ3n) is 7.01. The van der Waals surface area contributed by atoms with Crippen molar-refractivity contribution in [2.45, 2.75) is 70.1 Å². The minimum absolute atomic E-state index is 0.0125. The quantitative estimate of drug-likeness (QED) is 0.391. The lowest BCUT2D eigenvalue weighted by molar-refractivity contribution is 0.0483. The summed E-state index contributed by atoms with van der Waals surface area (Å²) < 4.78 is 5.50. The summed E-state index contributed by atoms with van der Waals surface area (Å²) in [6.45, 7) is 6.45. The first-order valence-corrected chi connectivity index (χ1v) is 13.4. The minimum atomic E-state index is -0.580. The molecule has 0 radical (unpaired) electrons. The average molecular weight is 535 g/mol. The first-order chi connectivity index (χ1) is 18.2. The molecule has 1 aromatic heterocycles. The Morgan fingerprint density at radius 3 is 2.42 bits per heavy atom. The van der Waals surface area contributed by atoms with Crippen molar-refractivity contribution in [3.05, 3.63) is 94.8 Å². The number of hydrogen-bond acceptors (Lipinski definition) is 5.